The Kier molecular flexibility index (Phi) is 3.27. The van der Waals surface area contributed by atoms with Gasteiger partial charge >= 0.3 is 0 Å². The summed E-state index contributed by atoms with van der Waals surface area (Å²) in [6, 6.07) is 6.24. The number of carbonyl (C=O) groups excluding carboxylic acids is 1. The van der Waals surface area contributed by atoms with E-state index in [4.69, 9.17) is 11.6 Å². The van der Waals surface area contributed by atoms with E-state index in [1.165, 1.54) is 0 Å². The molecule has 102 valence electrons. The molecule has 1 aromatic carbocycles. The molecule has 1 N–H and O–H groups in total. The lowest BCUT2D eigenvalue weighted by molar-refractivity contribution is 0.0681. The van der Waals surface area contributed by atoms with Crippen molar-refractivity contribution in [2.75, 3.05) is 13.1 Å². The smallest absolute Gasteiger partial charge is 0.254 e. The Labute approximate surface area is 118 Å². The number of nitrogens with zero attached hydrogens (tertiary/aromatic N) is 1. The first-order valence-electron chi connectivity index (χ1n) is 6.88. The standard InChI is InChI=1S/C15H19ClN2O/c1-9-6-11-7-17-8-14(11)18(9)15(19)12-4-3-5-13(16)10(12)2/h3-5,9,11,14,17H,6-8H2,1-2H3. The molecule has 2 fully saturated rings. The highest BCUT2D eigenvalue weighted by Gasteiger charge is 2.44. The number of likely N-dealkylation sites (tertiary alicyclic amines) is 1. The van der Waals surface area contributed by atoms with Gasteiger partial charge in [-0.3, -0.25) is 4.79 Å². The molecule has 2 heterocycles. The number of benzene rings is 1. The highest BCUT2D eigenvalue weighted by molar-refractivity contribution is 6.31. The molecular formula is C15H19ClN2O. The van der Waals surface area contributed by atoms with Crippen LogP contribution in [0.5, 0.6) is 0 Å². The maximum atomic E-state index is 12.8. The van der Waals surface area contributed by atoms with Gasteiger partial charge in [0.15, 0.2) is 0 Å². The van der Waals surface area contributed by atoms with Gasteiger partial charge in [-0.2, -0.15) is 0 Å². The van der Waals surface area contributed by atoms with Gasteiger partial charge < -0.3 is 10.2 Å². The Hall–Kier alpha value is -1.06. The third-order valence-electron chi connectivity index (χ3n) is 4.51. The average Bonchev–Trinajstić information content (AvgIpc) is 2.91. The Morgan fingerprint density at radius 3 is 3.00 bits per heavy atom. The van der Waals surface area contributed by atoms with Crippen molar-refractivity contribution in [3.8, 4) is 0 Å². The number of carbonyl (C=O) groups is 1. The Morgan fingerprint density at radius 2 is 2.21 bits per heavy atom. The molecule has 0 aliphatic carbocycles. The van der Waals surface area contributed by atoms with Gasteiger partial charge in [-0.1, -0.05) is 17.7 Å². The molecule has 0 radical (unpaired) electrons. The highest BCUT2D eigenvalue weighted by atomic mass is 35.5. The predicted octanol–water partition coefficient (Wildman–Crippen LogP) is 2.47. The molecule has 0 bridgehead atoms. The van der Waals surface area contributed by atoms with Crippen LogP contribution in [0.15, 0.2) is 18.2 Å². The van der Waals surface area contributed by atoms with Crippen molar-refractivity contribution in [2.45, 2.75) is 32.4 Å². The quantitative estimate of drug-likeness (QED) is 0.856. The molecule has 1 amide bonds. The monoisotopic (exact) mass is 278 g/mol. The minimum atomic E-state index is 0.128. The van der Waals surface area contributed by atoms with E-state index < -0.39 is 0 Å². The van der Waals surface area contributed by atoms with Crippen LogP contribution in [0.3, 0.4) is 0 Å². The van der Waals surface area contributed by atoms with Gasteiger partial charge in [0, 0.05) is 35.8 Å². The average molecular weight is 279 g/mol. The maximum Gasteiger partial charge on any atom is 0.254 e. The normalized spacial score (nSPS) is 29.6. The largest absolute Gasteiger partial charge is 0.331 e. The number of halogens is 1. The van der Waals surface area contributed by atoms with Crippen LogP contribution < -0.4 is 5.32 Å². The molecule has 4 heteroatoms. The lowest BCUT2D eigenvalue weighted by atomic mass is 10.0. The van der Waals surface area contributed by atoms with Gasteiger partial charge in [-0.15, -0.1) is 0 Å². The van der Waals surface area contributed by atoms with Crippen LogP contribution in [0.25, 0.3) is 0 Å². The first-order chi connectivity index (χ1) is 9.09. The van der Waals surface area contributed by atoms with E-state index in [1.807, 2.05) is 25.1 Å². The van der Waals surface area contributed by atoms with Gasteiger partial charge in [-0.05, 0) is 43.9 Å². The molecule has 2 aliphatic heterocycles. The summed E-state index contributed by atoms with van der Waals surface area (Å²) < 4.78 is 0. The van der Waals surface area contributed by atoms with Crippen LogP contribution in [0.1, 0.15) is 29.3 Å². The second kappa shape index (κ2) is 4.80. The summed E-state index contributed by atoms with van der Waals surface area (Å²) in [5.41, 5.74) is 1.63. The second-order valence-electron chi connectivity index (χ2n) is 5.70. The Balaban J connectivity index is 1.93. The zero-order valence-electron chi connectivity index (χ0n) is 11.3. The number of hydrogen-bond donors (Lipinski definition) is 1. The fourth-order valence-corrected chi connectivity index (χ4v) is 3.67. The molecule has 3 nitrogen and oxygen atoms in total. The van der Waals surface area contributed by atoms with E-state index in [2.05, 4.69) is 17.1 Å². The number of rotatable bonds is 1. The van der Waals surface area contributed by atoms with E-state index in [0.29, 0.717) is 23.0 Å². The summed E-state index contributed by atoms with van der Waals surface area (Å²) in [6.45, 7) is 6.02. The lowest BCUT2D eigenvalue weighted by Crippen LogP contribution is -2.43. The van der Waals surface area contributed by atoms with Gasteiger partial charge in [-0.25, -0.2) is 0 Å². The van der Waals surface area contributed by atoms with Crippen molar-refractivity contribution in [3.05, 3.63) is 34.3 Å². The molecule has 1 aromatic rings. The van der Waals surface area contributed by atoms with Crippen molar-refractivity contribution in [1.82, 2.24) is 10.2 Å². The van der Waals surface area contributed by atoms with Gasteiger partial charge in [0.2, 0.25) is 0 Å². The first kappa shape index (κ1) is 12.9. The van der Waals surface area contributed by atoms with Crippen LogP contribution in [0.2, 0.25) is 5.02 Å². The molecule has 19 heavy (non-hydrogen) atoms. The summed E-state index contributed by atoms with van der Waals surface area (Å²) in [5.74, 6) is 0.738. The van der Waals surface area contributed by atoms with Crippen molar-refractivity contribution in [3.63, 3.8) is 0 Å². The van der Waals surface area contributed by atoms with Crippen molar-refractivity contribution >= 4 is 17.5 Å². The Morgan fingerprint density at radius 1 is 1.42 bits per heavy atom. The third kappa shape index (κ3) is 2.05. The minimum absolute atomic E-state index is 0.128. The van der Waals surface area contributed by atoms with Gasteiger partial charge in [0.25, 0.3) is 5.91 Å². The SMILES string of the molecule is Cc1c(Cl)cccc1C(=O)N1C(C)CC2CNCC21. The fourth-order valence-electron chi connectivity index (χ4n) is 3.49. The van der Waals surface area contributed by atoms with Crippen molar-refractivity contribution in [1.29, 1.82) is 0 Å². The molecule has 3 unspecified atom stereocenters. The first-order valence-corrected chi connectivity index (χ1v) is 7.26. The summed E-state index contributed by atoms with van der Waals surface area (Å²) >= 11 is 6.13. The molecule has 2 aliphatic rings. The highest BCUT2D eigenvalue weighted by Crippen LogP contribution is 2.34. The molecule has 3 atom stereocenters. The summed E-state index contributed by atoms with van der Waals surface area (Å²) in [7, 11) is 0. The van der Waals surface area contributed by atoms with Gasteiger partial charge in [0.1, 0.15) is 0 Å². The van der Waals surface area contributed by atoms with E-state index in [-0.39, 0.29) is 5.91 Å². The van der Waals surface area contributed by atoms with Crippen LogP contribution in [0, 0.1) is 12.8 Å². The fraction of sp³-hybridized carbons (Fsp3) is 0.533. The number of nitrogens with one attached hydrogen (secondary N) is 1. The van der Waals surface area contributed by atoms with Crippen LogP contribution in [-0.4, -0.2) is 36.0 Å². The molecule has 0 spiro atoms. The minimum Gasteiger partial charge on any atom is -0.331 e. The van der Waals surface area contributed by atoms with E-state index in [9.17, 15) is 4.79 Å². The van der Waals surface area contributed by atoms with E-state index >= 15 is 0 Å². The zero-order valence-corrected chi connectivity index (χ0v) is 12.1. The lowest BCUT2D eigenvalue weighted by Gasteiger charge is -2.28. The number of amides is 1. The second-order valence-corrected chi connectivity index (χ2v) is 6.10. The van der Waals surface area contributed by atoms with E-state index in [1.54, 1.807) is 0 Å². The van der Waals surface area contributed by atoms with Crippen LogP contribution in [0.4, 0.5) is 0 Å². The number of hydrogen-bond acceptors (Lipinski definition) is 2. The number of fused-ring (bicyclic) bond motifs is 1. The zero-order chi connectivity index (χ0) is 13.6. The van der Waals surface area contributed by atoms with Crippen LogP contribution in [-0.2, 0) is 0 Å². The van der Waals surface area contributed by atoms with Crippen molar-refractivity contribution in [2.24, 2.45) is 5.92 Å². The summed E-state index contributed by atoms with van der Waals surface area (Å²) in [6.07, 6.45) is 1.10. The molecule has 2 saturated heterocycles. The summed E-state index contributed by atoms with van der Waals surface area (Å²) in [5, 5.41) is 4.05. The van der Waals surface area contributed by atoms with E-state index in [0.717, 1.165) is 30.6 Å². The Bertz CT molecular complexity index is 517. The van der Waals surface area contributed by atoms with Gasteiger partial charge in [0.05, 0.1) is 0 Å². The predicted molar refractivity (Wildman–Crippen MR) is 76.6 cm³/mol. The molecule has 0 saturated carbocycles. The topological polar surface area (TPSA) is 32.3 Å². The molecule has 0 aromatic heterocycles. The third-order valence-corrected chi connectivity index (χ3v) is 4.92. The van der Waals surface area contributed by atoms with Crippen LogP contribution >= 0.6 is 11.6 Å². The van der Waals surface area contributed by atoms with Crippen molar-refractivity contribution < 1.29 is 4.79 Å². The molecule has 3 rings (SSSR count). The summed E-state index contributed by atoms with van der Waals surface area (Å²) in [4.78, 5) is 14.9. The molecular weight excluding hydrogens is 260 g/mol. The maximum absolute atomic E-state index is 12.8.